The average Bonchev–Trinajstić information content (AvgIpc) is 2.47. The Morgan fingerprint density at radius 1 is 1.15 bits per heavy atom. The molecule has 3 aliphatic heterocycles. The van der Waals surface area contributed by atoms with Gasteiger partial charge in [-0.05, 0) is 43.3 Å². The van der Waals surface area contributed by atoms with Crippen molar-refractivity contribution in [3.05, 3.63) is 35.4 Å². The van der Waals surface area contributed by atoms with E-state index in [1.54, 1.807) is 0 Å². The number of carbonyl (C=O) groups is 1. The van der Waals surface area contributed by atoms with Crippen LogP contribution < -0.4 is 0 Å². The summed E-state index contributed by atoms with van der Waals surface area (Å²) in [6.45, 7) is 7.74. The lowest BCUT2D eigenvalue weighted by Crippen LogP contribution is -2.50. The lowest BCUT2D eigenvalue weighted by Gasteiger charge is -2.44. The van der Waals surface area contributed by atoms with E-state index in [1.807, 2.05) is 12.1 Å². The number of hydrogen-bond acceptors (Lipinski definition) is 2. The number of Topliss-reactive ketones (excluding diaryl/α,β-unsaturated/α-hetero) is 1. The minimum absolute atomic E-state index is 0. The number of nitrogens with zero attached hydrogens (tertiary/aromatic N) is 1. The second-order valence-corrected chi connectivity index (χ2v) is 6.39. The number of fused-ring (bicyclic) bond motifs is 3. The molecule has 3 fully saturated rings. The first-order chi connectivity index (χ1) is 9.15. The Bertz CT molecular complexity index is 460. The lowest BCUT2D eigenvalue weighted by atomic mass is 9.75. The topological polar surface area (TPSA) is 20.3 Å². The van der Waals surface area contributed by atoms with E-state index in [-0.39, 0.29) is 18.3 Å². The van der Waals surface area contributed by atoms with Crippen molar-refractivity contribution in [1.82, 2.24) is 4.90 Å². The number of piperidine rings is 3. The van der Waals surface area contributed by atoms with Gasteiger partial charge in [0.1, 0.15) is 0 Å². The Hall–Kier alpha value is -0.860. The highest BCUT2D eigenvalue weighted by Crippen LogP contribution is 2.34. The molecule has 0 amide bonds. The average molecular weight is 294 g/mol. The number of rotatable bonds is 3. The third kappa shape index (κ3) is 2.91. The van der Waals surface area contributed by atoms with Crippen molar-refractivity contribution in [3.8, 4) is 0 Å². The summed E-state index contributed by atoms with van der Waals surface area (Å²) in [5.74, 6) is 1.76. The molecule has 3 heteroatoms. The molecule has 1 aromatic carbocycles. The lowest BCUT2D eigenvalue weighted by molar-refractivity contribution is 0.0419. The molecule has 0 spiro atoms. The fraction of sp³-hybridized carbons (Fsp3) is 0.588. The molecule has 0 N–H and O–H groups in total. The predicted molar refractivity (Wildman–Crippen MR) is 84.8 cm³/mol. The summed E-state index contributed by atoms with van der Waals surface area (Å²) in [4.78, 5) is 15.1. The van der Waals surface area contributed by atoms with E-state index in [4.69, 9.17) is 0 Å². The van der Waals surface area contributed by atoms with Gasteiger partial charge in [0.2, 0.25) is 0 Å². The molecule has 2 nitrogen and oxygen atoms in total. The maximum atomic E-state index is 12.6. The van der Waals surface area contributed by atoms with Crippen LogP contribution in [-0.2, 0) is 0 Å². The molecule has 1 atom stereocenters. The minimum atomic E-state index is 0. The molecule has 110 valence electrons. The highest BCUT2D eigenvalue weighted by molar-refractivity contribution is 5.98. The van der Waals surface area contributed by atoms with E-state index in [9.17, 15) is 4.79 Å². The molecular formula is C17H24ClNO. The maximum Gasteiger partial charge on any atom is 0.167 e. The van der Waals surface area contributed by atoms with E-state index < -0.39 is 0 Å². The maximum absolute atomic E-state index is 12.6. The molecule has 3 aliphatic rings. The van der Waals surface area contributed by atoms with E-state index in [0.29, 0.717) is 17.6 Å². The fourth-order valence-electron chi connectivity index (χ4n) is 3.51. The highest BCUT2D eigenvalue weighted by atomic mass is 35.5. The second kappa shape index (κ2) is 6.28. The summed E-state index contributed by atoms with van der Waals surface area (Å²) < 4.78 is 0. The standard InChI is InChI=1S/C17H23NO.ClH/c1-12(2)13-3-5-15(6-4-13)17(19)16-11-18-9-7-14(16)8-10-18;/h3-6,12,14,16H,7-11H2,1-2H3;1H. The third-order valence-electron chi connectivity index (χ3n) is 4.85. The van der Waals surface area contributed by atoms with Crippen molar-refractivity contribution in [3.63, 3.8) is 0 Å². The minimum Gasteiger partial charge on any atom is -0.303 e. The summed E-state index contributed by atoms with van der Waals surface area (Å²) in [6, 6.07) is 8.27. The van der Waals surface area contributed by atoms with E-state index >= 15 is 0 Å². The molecule has 3 heterocycles. The Labute approximate surface area is 128 Å². The Morgan fingerprint density at radius 2 is 1.75 bits per heavy atom. The molecule has 0 aliphatic carbocycles. The van der Waals surface area contributed by atoms with Gasteiger partial charge in [-0.25, -0.2) is 0 Å². The highest BCUT2D eigenvalue weighted by Gasteiger charge is 2.38. The van der Waals surface area contributed by atoms with Crippen LogP contribution in [0.5, 0.6) is 0 Å². The molecule has 20 heavy (non-hydrogen) atoms. The van der Waals surface area contributed by atoms with Crippen molar-refractivity contribution in [2.75, 3.05) is 19.6 Å². The van der Waals surface area contributed by atoms with Crippen LogP contribution >= 0.6 is 12.4 Å². The summed E-state index contributed by atoms with van der Waals surface area (Å²) in [7, 11) is 0. The van der Waals surface area contributed by atoms with E-state index in [1.165, 1.54) is 31.5 Å². The number of ketones is 1. The largest absolute Gasteiger partial charge is 0.303 e. The van der Waals surface area contributed by atoms with E-state index in [0.717, 1.165) is 12.1 Å². The zero-order chi connectivity index (χ0) is 13.4. The molecular weight excluding hydrogens is 270 g/mol. The Kier molecular flexibility index (Phi) is 4.87. The third-order valence-corrected chi connectivity index (χ3v) is 4.85. The fourth-order valence-corrected chi connectivity index (χ4v) is 3.51. The first-order valence-corrected chi connectivity index (χ1v) is 7.51. The summed E-state index contributed by atoms with van der Waals surface area (Å²) in [5.41, 5.74) is 2.22. The zero-order valence-corrected chi connectivity index (χ0v) is 13.2. The first-order valence-electron chi connectivity index (χ1n) is 7.51. The first kappa shape index (κ1) is 15.5. The quantitative estimate of drug-likeness (QED) is 0.791. The zero-order valence-electron chi connectivity index (χ0n) is 12.3. The Balaban J connectivity index is 0.00000147. The van der Waals surface area contributed by atoms with Crippen molar-refractivity contribution in [1.29, 1.82) is 0 Å². The smallest absolute Gasteiger partial charge is 0.167 e. The van der Waals surface area contributed by atoms with Gasteiger partial charge in [-0.1, -0.05) is 38.1 Å². The Morgan fingerprint density at radius 3 is 2.20 bits per heavy atom. The number of benzene rings is 1. The molecule has 4 rings (SSSR count). The van der Waals surface area contributed by atoms with Crippen LogP contribution in [0.3, 0.4) is 0 Å². The molecule has 3 saturated heterocycles. The van der Waals surface area contributed by atoms with Crippen molar-refractivity contribution >= 4 is 18.2 Å². The molecule has 0 radical (unpaired) electrons. The number of carbonyl (C=O) groups excluding carboxylic acids is 1. The van der Waals surface area contributed by atoms with Crippen LogP contribution in [0, 0.1) is 11.8 Å². The van der Waals surface area contributed by atoms with Crippen LogP contribution in [0.1, 0.15) is 48.5 Å². The summed E-state index contributed by atoms with van der Waals surface area (Å²) in [5, 5.41) is 0. The van der Waals surface area contributed by atoms with Gasteiger partial charge in [-0.2, -0.15) is 0 Å². The van der Waals surface area contributed by atoms with Crippen molar-refractivity contribution < 1.29 is 4.79 Å². The van der Waals surface area contributed by atoms with E-state index in [2.05, 4.69) is 30.9 Å². The number of halogens is 1. The van der Waals surface area contributed by atoms with Crippen LogP contribution in [0.25, 0.3) is 0 Å². The van der Waals surface area contributed by atoms with Gasteiger partial charge in [0.15, 0.2) is 5.78 Å². The van der Waals surface area contributed by atoms with Crippen LogP contribution in [0.4, 0.5) is 0 Å². The van der Waals surface area contributed by atoms with Gasteiger partial charge in [-0.3, -0.25) is 4.79 Å². The van der Waals surface area contributed by atoms with Gasteiger partial charge >= 0.3 is 0 Å². The molecule has 0 saturated carbocycles. The van der Waals surface area contributed by atoms with Gasteiger partial charge in [0, 0.05) is 18.0 Å². The van der Waals surface area contributed by atoms with Gasteiger partial charge in [-0.15, -0.1) is 12.4 Å². The monoisotopic (exact) mass is 293 g/mol. The predicted octanol–water partition coefficient (Wildman–Crippen LogP) is 3.76. The van der Waals surface area contributed by atoms with Gasteiger partial charge in [0.25, 0.3) is 0 Å². The number of hydrogen-bond donors (Lipinski definition) is 0. The molecule has 1 unspecified atom stereocenters. The van der Waals surface area contributed by atoms with Gasteiger partial charge < -0.3 is 4.90 Å². The van der Waals surface area contributed by atoms with Crippen molar-refractivity contribution in [2.24, 2.45) is 11.8 Å². The van der Waals surface area contributed by atoms with Crippen LogP contribution in [0.15, 0.2) is 24.3 Å². The summed E-state index contributed by atoms with van der Waals surface area (Å²) >= 11 is 0. The molecule has 2 bridgehead atoms. The van der Waals surface area contributed by atoms with Gasteiger partial charge in [0.05, 0.1) is 0 Å². The summed E-state index contributed by atoms with van der Waals surface area (Å²) in [6.07, 6.45) is 2.42. The normalized spacial score (nSPS) is 28.2. The van der Waals surface area contributed by atoms with Crippen molar-refractivity contribution in [2.45, 2.75) is 32.6 Å². The second-order valence-electron chi connectivity index (χ2n) is 6.39. The van der Waals surface area contributed by atoms with Crippen LogP contribution in [-0.4, -0.2) is 30.3 Å². The molecule has 0 aromatic heterocycles. The van der Waals surface area contributed by atoms with Crippen LogP contribution in [0.2, 0.25) is 0 Å². The molecule has 1 aromatic rings. The SMILES string of the molecule is CC(C)c1ccc(C(=O)C2CN3CCC2CC3)cc1.Cl.